The number of aromatic nitrogens is 3. The van der Waals surface area contributed by atoms with Gasteiger partial charge < -0.3 is 10.3 Å². The van der Waals surface area contributed by atoms with Crippen LogP contribution in [0.3, 0.4) is 0 Å². The van der Waals surface area contributed by atoms with E-state index in [1.54, 1.807) is 12.3 Å². The van der Waals surface area contributed by atoms with Gasteiger partial charge in [-0.15, -0.1) is 0 Å². The second-order valence-electron chi connectivity index (χ2n) is 6.27. The summed E-state index contributed by atoms with van der Waals surface area (Å²) in [4.78, 5) is 16.3. The van der Waals surface area contributed by atoms with Gasteiger partial charge in [-0.3, -0.25) is 10.7 Å². The second kappa shape index (κ2) is 8.43. The maximum Gasteiger partial charge on any atom is 0.159 e. The largest absolute Gasteiger partial charge is 0.327 e. The number of benzene rings is 1. The molecule has 2 aromatic heterocycles. The number of nitrogens with one attached hydrogen (secondary N) is 3. The van der Waals surface area contributed by atoms with Crippen LogP contribution in [0.5, 0.6) is 0 Å². The molecule has 0 saturated heterocycles. The molecular weight excluding hydrogens is 371 g/mol. The van der Waals surface area contributed by atoms with Crippen molar-refractivity contribution < 1.29 is 9.60 Å². The molecule has 2 heterocycles. The Hall–Kier alpha value is -2.55. The Morgan fingerprint density at radius 3 is 2.89 bits per heavy atom. The average molecular weight is 391 g/mol. The van der Waals surface area contributed by atoms with E-state index in [1.807, 2.05) is 0 Å². The summed E-state index contributed by atoms with van der Waals surface area (Å²) < 4.78 is 13.3. The highest BCUT2D eigenvalue weighted by Gasteiger charge is 2.13. The Kier molecular flexibility index (Phi) is 6.00. The lowest BCUT2D eigenvalue weighted by Gasteiger charge is -2.06. The first-order chi connectivity index (χ1) is 13.0. The molecule has 0 radical (unpaired) electrons. The van der Waals surface area contributed by atoms with Crippen molar-refractivity contribution in [2.45, 2.75) is 26.3 Å². The fourth-order valence-corrected chi connectivity index (χ4v) is 2.75. The number of amidine groups is 1. The lowest BCUT2D eigenvalue weighted by atomic mass is 10.2. The number of aromatic amines is 1. The van der Waals surface area contributed by atoms with Crippen LogP contribution in [0, 0.1) is 5.82 Å². The summed E-state index contributed by atoms with van der Waals surface area (Å²) in [6, 6.07) is 6.13. The van der Waals surface area contributed by atoms with E-state index < -0.39 is 5.82 Å². The van der Waals surface area contributed by atoms with Gasteiger partial charge in [-0.05, 0) is 24.3 Å². The second-order valence-corrected chi connectivity index (χ2v) is 6.68. The standard InChI is InChI=1S/C18H20ClFN6O/c1-10(2)21-8-6-15-24-16-12(5-7-22-18(16)25-15)17(26-27)23-11-3-4-14(20)13(19)9-11/h3-5,7,9-10,21,27H,6,8H2,1-2H3,(H,23,26)(H,22,24,25). The van der Waals surface area contributed by atoms with Gasteiger partial charge in [0.15, 0.2) is 11.5 Å². The van der Waals surface area contributed by atoms with Gasteiger partial charge in [0.1, 0.15) is 17.2 Å². The quantitative estimate of drug-likeness (QED) is 0.294. The number of hydrogen-bond acceptors (Lipinski definition) is 5. The predicted molar refractivity (Wildman–Crippen MR) is 103 cm³/mol. The molecule has 4 N–H and O–H groups in total. The van der Waals surface area contributed by atoms with Gasteiger partial charge in [0.25, 0.3) is 0 Å². The molecule has 3 aromatic rings. The van der Waals surface area contributed by atoms with Crippen molar-refractivity contribution in [1.29, 1.82) is 0 Å². The number of aliphatic imine (C=N–C) groups is 1. The van der Waals surface area contributed by atoms with E-state index in [9.17, 15) is 9.60 Å². The molecule has 0 unspecified atom stereocenters. The minimum atomic E-state index is -0.535. The smallest absolute Gasteiger partial charge is 0.159 e. The van der Waals surface area contributed by atoms with Crippen LogP contribution in [0.1, 0.15) is 25.2 Å². The highest BCUT2D eigenvalue weighted by Crippen LogP contribution is 2.23. The molecule has 1 aromatic carbocycles. The molecule has 0 atom stereocenters. The molecule has 0 aliphatic rings. The van der Waals surface area contributed by atoms with Crippen LogP contribution in [-0.4, -0.2) is 38.6 Å². The molecule has 7 nitrogen and oxygen atoms in total. The average Bonchev–Trinajstić information content (AvgIpc) is 3.05. The predicted octanol–water partition coefficient (Wildman–Crippen LogP) is 3.35. The van der Waals surface area contributed by atoms with Gasteiger partial charge in [0.2, 0.25) is 0 Å². The number of fused-ring (bicyclic) bond motifs is 1. The van der Waals surface area contributed by atoms with Crippen LogP contribution in [-0.2, 0) is 6.42 Å². The first-order valence-corrected chi connectivity index (χ1v) is 8.87. The molecule has 0 amide bonds. The third-order valence-electron chi connectivity index (χ3n) is 3.85. The molecule has 0 spiro atoms. The van der Waals surface area contributed by atoms with Crippen LogP contribution >= 0.6 is 11.6 Å². The summed E-state index contributed by atoms with van der Waals surface area (Å²) in [7, 11) is 0. The minimum Gasteiger partial charge on any atom is -0.327 e. The van der Waals surface area contributed by atoms with Gasteiger partial charge in [0, 0.05) is 25.2 Å². The highest BCUT2D eigenvalue weighted by atomic mass is 35.5. The van der Waals surface area contributed by atoms with Crippen molar-refractivity contribution in [2.75, 3.05) is 6.54 Å². The maximum atomic E-state index is 13.3. The first-order valence-electron chi connectivity index (χ1n) is 8.49. The maximum absolute atomic E-state index is 13.3. The number of imidazole rings is 1. The molecule has 0 bridgehead atoms. The zero-order valence-electron chi connectivity index (χ0n) is 14.9. The number of halogens is 2. The van der Waals surface area contributed by atoms with Crippen molar-refractivity contribution in [2.24, 2.45) is 4.99 Å². The van der Waals surface area contributed by atoms with Gasteiger partial charge in [0.05, 0.1) is 16.3 Å². The monoisotopic (exact) mass is 390 g/mol. The topological polar surface area (TPSA) is 98.2 Å². The highest BCUT2D eigenvalue weighted by molar-refractivity contribution is 6.31. The molecule has 27 heavy (non-hydrogen) atoms. The first kappa shape index (κ1) is 19.2. The zero-order valence-corrected chi connectivity index (χ0v) is 15.7. The van der Waals surface area contributed by atoms with Crippen LogP contribution < -0.4 is 10.8 Å². The number of pyridine rings is 1. The Morgan fingerprint density at radius 2 is 2.19 bits per heavy atom. The Balaban J connectivity index is 1.94. The minimum absolute atomic E-state index is 0.0480. The molecular formula is C18H20ClFN6O. The lowest BCUT2D eigenvalue weighted by Crippen LogP contribution is -2.25. The molecule has 0 aliphatic heterocycles. The number of hydroxylamine groups is 1. The normalized spacial score (nSPS) is 12.1. The van der Waals surface area contributed by atoms with E-state index in [0.29, 0.717) is 34.9 Å². The lowest BCUT2D eigenvalue weighted by molar-refractivity contribution is 0.235. The Bertz CT molecular complexity index is 972. The fourth-order valence-electron chi connectivity index (χ4n) is 2.58. The van der Waals surface area contributed by atoms with Gasteiger partial charge >= 0.3 is 0 Å². The van der Waals surface area contributed by atoms with Crippen LogP contribution in [0.2, 0.25) is 5.02 Å². The summed E-state index contributed by atoms with van der Waals surface area (Å²) in [5.74, 6) is 0.399. The summed E-state index contributed by atoms with van der Waals surface area (Å²) in [5, 5.41) is 12.9. The summed E-state index contributed by atoms with van der Waals surface area (Å²) in [5.41, 5.74) is 4.19. The molecule has 0 aliphatic carbocycles. The van der Waals surface area contributed by atoms with Crippen LogP contribution in [0.15, 0.2) is 35.5 Å². The number of H-pyrrole nitrogens is 1. The number of rotatable bonds is 6. The van der Waals surface area contributed by atoms with Gasteiger partial charge in [-0.25, -0.2) is 19.4 Å². The molecule has 142 valence electrons. The summed E-state index contributed by atoms with van der Waals surface area (Å²) in [6.07, 6.45) is 2.30. The fraction of sp³-hybridized carbons (Fsp3) is 0.278. The molecule has 0 saturated carbocycles. The summed E-state index contributed by atoms with van der Waals surface area (Å²) in [6.45, 7) is 4.94. The van der Waals surface area contributed by atoms with E-state index in [-0.39, 0.29) is 10.9 Å². The van der Waals surface area contributed by atoms with E-state index in [0.717, 1.165) is 12.4 Å². The molecule has 9 heteroatoms. The third-order valence-corrected chi connectivity index (χ3v) is 4.14. The van der Waals surface area contributed by atoms with Crippen molar-refractivity contribution in [3.8, 4) is 0 Å². The third kappa shape index (κ3) is 4.60. The van der Waals surface area contributed by atoms with Gasteiger partial charge in [-0.2, -0.15) is 0 Å². The van der Waals surface area contributed by atoms with E-state index in [2.05, 4.69) is 44.6 Å². The summed E-state index contributed by atoms with van der Waals surface area (Å²) >= 11 is 5.80. The van der Waals surface area contributed by atoms with Crippen molar-refractivity contribution in [1.82, 2.24) is 25.7 Å². The molecule has 3 rings (SSSR count). The number of nitrogens with zero attached hydrogens (tertiary/aromatic N) is 3. The SMILES string of the molecule is CC(C)NCCc1nc2c(C(=Nc3ccc(F)c(Cl)c3)NO)ccnc2[nH]1. The van der Waals surface area contributed by atoms with E-state index in [1.165, 1.54) is 18.2 Å². The van der Waals surface area contributed by atoms with E-state index >= 15 is 0 Å². The van der Waals surface area contributed by atoms with Gasteiger partial charge in [-0.1, -0.05) is 25.4 Å². The Labute approximate surface area is 160 Å². The van der Waals surface area contributed by atoms with E-state index in [4.69, 9.17) is 11.6 Å². The zero-order chi connectivity index (χ0) is 19.4. The van der Waals surface area contributed by atoms with Crippen molar-refractivity contribution in [3.05, 3.63) is 52.7 Å². The number of hydrogen-bond donors (Lipinski definition) is 4. The Morgan fingerprint density at radius 1 is 1.37 bits per heavy atom. The van der Waals surface area contributed by atoms with Crippen LogP contribution in [0.4, 0.5) is 10.1 Å². The molecule has 0 fully saturated rings. The van der Waals surface area contributed by atoms with Crippen LogP contribution in [0.25, 0.3) is 11.2 Å². The van der Waals surface area contributed by atoms with Crippen molar-refractivity contribution in [3.63, 3.8) is 0 Å². The van der Waals surface area contributed by atoms with Crippen molar-refractivity contribution >= 4 is 34.3 Å².